The lowest BCUT2D eigenvalue weighted by Gasteiger charge is -2.24. The van der Waals surface area contributed by atoms with E-state index in [1.54, 1.807) is 0 Å². The fraction of sp³-hybridized carbons (Fsp3) is 0.419. The maximum absolute atomic E-state index is 12.7. The molecular formula is C31H36N2O3. The third-order valence-corrected chi connectivity index (χ3v) is 7.75. The van der Waals surface area contributed by atoms with Crippen LogP contribution in [0.15, 0.2) is 54.6 Å². The number of rotatable bonds is 8. The van der Waals surface area contributed by atoms with Crippen molar-refractivity contribution >= 4 is 44.1 Å². The minimum absolute atomic E-state index is 0.137. The van der Waals surface area contributed by atoms with Crippen molar-refractivity contribution in [3.63, 3.8) is 0 Å². The summed E-state index contributed by atoms with van der Waals surface area (Å²) in [5.74, 6) is -0.470. The Kier molecular flexibility index (Phi) is 7.66. The van der Waals surface area contributed by atoms with Gasteiger partial charge in [-0.25, -0.2) is 0 Å². The Balaban J connectivity index is 1.19. The molecule has 36 heavy (non-hydrogen) atoms. The molecule has 0 spiro atoms. The number of amides is 2. The molecule has 2 amide bonds. The molecule has 5 rings (SSSR count). The summed E-state index contributed by atoms with van der Waals surface area (Å²) in [4.78, 5) is 25.3. The van der Waals surface area contributed by atoms with Gasteiger partial charge >= 0.3 is 0 Å². The molecule has 0 saturated heterocycles. The minimum atomic E-state index is -0.891. The first kappa shape index (κ1) is 24.5. The van der Waals surface area contributed by atoms with Crippen LogP contribution < -0.4 is 10.6 Å². The number of hydrogen-bond donors (Lipinski definition) is 3. The van der Waals surface area contributed by atoms with Crippen LogP contribution in [0.1, 0.15) is 63.4 Å². The van der Waals surface area contributed by atoms with Gasteiger partial charge in [-0.05, 0) is 63.6 Å². The Labute approximate surface area is 212 Å². The van der Waals surface area contributed by atoms with Gasteiger partial charge in [0, 0.05) is 12.5 Å². The molecule has 1 fully saturated rings. The first-order valence-corrected chi connectivity index (χ1v) is 13.5. The van der Waals surface area contributed by atoms with Crippen LogP contribution in [0.25, 0.3) is 32.3 Å². The van der Waals surface area contributed by atoms with Gasteiger partial charge in [0.05, 0.1) is 6.61 Å². The molecular weight excluding hydrogens is 448 g/mol. The van der Waals surface area contributed by atoms with E-state index in [0.717, 1.165) is 32.1 Å². The summed E-state index contributed by atoms with van der Waals surface area (Å²) in [6.07, 6.45) is 9.62. The number of nitrogens with one attached hydrogen (secondary N) is 2. The first-order chi connectivity index (χ1) is 17.6. The number of aryl methyl sites for hydroxylation is 1. The molecule has 5 nitrogen and oxygen atoms in total. The van der Waals surface area contributed by atoms with Crippen LogP contribution in [-0.2, 0) is 16.0 Å². The highest BCUT2D eigenvalue weighted by molar-refractivity contribution is 6.23. The van der Waals surface area contributed by atoms with Gasteiger partial charge in [-0.2, -0.15) is 0 Å². The van der Waals surface area contributed by atoms with Crippen molar-refractivity contribution in [2.75, 3.05) is 6.61 Å². The Morgan fingerprint density at radius 2 is 1.47 bits per heavy atom. The third kappa shape index (κ3) is 5.31. The second-order valence-electron chi connectivity index (χ2n) is 10.3. The van der Waals surface area contributed by atoms with Gasteiger partial charge in [-0.3, -0.25) is 9.59 Å². The molecule has 1 aliphatic carbocycles. The monoisotopic (exact) mass is 484 g/mol. The predicted molar refractivity (Wildman–Crippen MR) is 146 cm³/mol. The molecule has 1 saturated carbocycles. The Morgan fingerprint density at radius 3 is 2.19 bits per heavy atom. The molecule has 188 valence electrons. The summed E-state index contributed by atoms with van der Waals surface area (Å²) in [6.45, 7) is -0.390. The molecule has 0 bridgehead atoms. The second-order valence-corrected chi connectivity index (χ2v) is 10.3. The van der Waals surface area contributed by atoms with Gasteiger partial charge in [-0.15, -0.1) is 0 Å². The summed E-state index contributed by atoms with van der Waals surface area (Å²) in [5, 5.41) is 23.1. The summed E-state index contributed by atoms with van der Waals surface area (Å²) in [7, 11) is 0. The quantitative estimate of drug-likeness (QED) is 0.284. The minimum Gasteiger partial charge on any atom is -0.394 e. The average Bonchev–Trinajstić information content (AvgIpc) is 2.88. The molecule has 0 radical (unpaired) electrons. The molecule has 1 unspecified atom stereocenters. The molecule has 1 aliphatic rings. The lowest BCUT2D eigenvalue weighted by atomic mass is 9.90. The van der Waals surface area contributed by atoms with Gasteiger partial charge in [0.1, 0.15) is 6.04 Å². The first-order valence-electron chi connectivity index (χ1n) is 13.5. The van der Waals surface area contributed by atoms with Crippen molar-refractivity contribution in [3.8, 4) is 0 Å². The van der Waals surface area contributed by atoms with E-state index in [4.69, 9.17) is 0 Å². The lowest BCUT2D eigenvalue weighted by molar-refractivity contribution is -0.130. The highest BCUT2D eigenvalue weighted by Gasteiger charge is 2.23. The molecule has 3 N–H and O–H groups in total. The van der Waals surface area contributed by atoms with Crippen molar-refractivity contribution in [1.29, 1.82) is 0 Å². The van der Waals surface area contributed by atoms with E-state index < -0.39 is 6.04 Å². The van der Waals surface area contributed by atoms with E-state index in [1.807, 2.05) is 0 Å². The average molecular weight is 485 g/mol. The normalized spacial score (nSPS) is 16.1. The number of aliphatic hydroxyl groups is 1. The van der Waals surface area contributed by atoms with E-state index in [1.165, 1.54) is 57.1 Å². The molecule has 0 aromatic heterocycles. The zero-order valence-electron chi connectivity index (χ0n) is 20.9. The fourth-order valence-electron chi connectivity index (χ4n) is 5.82. The van der Waals surface area contributed by atoms with Gasteiger partial charge in [0.15, 0.2) is 0 Å². The van der Waals surface area contributed by atoms with Crippen LogP contribution in [0, 0.1) is 0 Å². The standard InChI is InChI=1S/C31H36N2O3/c34-20-27(31(36)32-25-11-4-2-1-3-5-12-25)33-28(35)13-7-8-21-14-15-24-17-16-22-9-6-10-23-18-19-26(21)30(24)29(22)23/h6,9-10,14-19,25,27,34H,1-5,7-8,11-13,20H2,(H,32,36)(H,33,35). The largest absolute Gasteiger partial charge is 0.394 e. The van der Waals surface area contributed by atoms with Crippen LogP contribution in [-0.4, -0.2) is 35.6 Å². The third-order valence-electron chi connectivity index (χ3n) is 7.75. The van der Waals surface area contributed by atoms with Crippen LogP contribution in [0.4, 0.5) is 0 Å². The van der Waals surface area contributed by atoms with Gasteiger partial charge < -0.3 is 15.7 Å². The van der Waals surface area contributed by atoms with Crippen LogP contribution in [0.5, 0.6) is 0 Å². The maximum Gasteiger partial charge on any atom is 0.245 e. The Morgan fingerprint density at radius 1 is 0.833 bits per heavy atom. The molecule has 4 aromatic carbocycles. The topological polar surface area (TPSA) is 78.4 Å². The van der Waals surface area contributed by atoms with E-state index >= 15 is 0 Å². The molecule has 5 heteroatoms. The number of benzene rings is 4. The van der Waals surface area contributed by atoms with E-state index in [-0.39, 0.29) is 24.5 Å². The highest BCUT2D eigenvalue weighted by atomic mass is 16.3. The number of hydrogen-bond acceptors (Lipinski definition) is 3. The van der Waals surface area contributed by atoms with Crippen molar-refractivity contribution in [2.45, 2.75) is 76.3 Å². The van der Waals surface area contributed by atoms with Crippen LogP contribution in [0.2, 0.25) is 0 Å². The number of carbonyl (C=O) groups is 2. The summed E-state index contributed by atoms with van der Waals surface area (Å²) >= 11 is 0. The second kappa shape index (κ2) is 11.3. The fourth-order valence-corrected chi connectivity index (χ4v) is 5.82. The van der Waals surface area contributed by atoms with Crippen LogP contribution >= 0.6 is 0 Å². The maximum atomic E-state index is 12.7. The van der Waals surface area contributed by atoms with Crippen LogP contribution in [0.3, 0.4) is 0 Å². The van der Waals surface area contributed by atoms with Crippen molar-refractivity contribution in [3.05, 3.63) is 60.2 Å². The summed E-state index contributed by atoms with van der Waals surface area (Å²) in [5.41, 5.74) is 1.23. The number of carbonyl (C=O) groups excluding carboxylic acids is 2. The van der Waals surface area contributed by atoms with E-state index in [2.05, 4.69) is 65.2 Å². The van der Waals surface area contributed by atoms with Crippen molar-refractivity contribution in [2.24, 2.45) is 0 Å². The SMILES string of the molecule is O=C(CCCc1ccc2ccc3cccc4ccc1c2c34)NC(CO)C(=O)NC1CCCCCCC1. The summed E-state index contributed by atoms with van der Waals surface area (Å²) in [6, 6.07) is 18.7. The highest BCUT2D eigenvalue weighted by Crippen LogP contribution is 2.36. The number of aliphatic hydroxyl groups excluding tert-OH is 1. The Hall–Kier alpha value is -3.18. The molecule has 1 atom stereocenters. The Bertz CT molecular complexity index is 1320. The van der Waals surface area contributed by atoms with E-state index in [9.17, 15) is 14.7 Å². The molecule has 0 aliphatic heterocycles. The van der Waals surface area contributed by atoms with E-state index in [0.29, 0.717) is 12.8 Å². The zero-order chi connectivity index (χ0) is 24.9. The lowest BCUT2D eigenvalue weighted by Crippen LogP contribution is -2.51. The van der Waals surface area contributed by atoms with Gasteiger partial charge in [0.25, 0.3) is 0 Å². The zero-order valence-corrected chi connectivity index (χ0v) is 20.9. The van der Waals surface area contributed by atoms with Gasteiger partial charge in [-0.1, -0.05) is 86.7 Å². The summed E-state index contributed by atoms with van der Waals surface area (Å²) < 4.78 is 0. The molecule has 0 heterocycles. The predicted octanol–water partition coefficient (Wildman–Crippen LogP) is 5.61. The smallest absolute Gasteiger partial charge is 0.245 e. The van der Waals surface area contributed by atoms with Crippen molar-refractivity contribution < 1.29 is 14.7 Å². The molecule has 4 aromatic rings. The van der Waals surface area contributed by atoms with Gasteiger partial charge in [0.2, 0.25) is 11.8 Å². The van der Waals surface area contributed by atoms with Crippen molar-refractivity contribution in [1.82, 2.24) is 10.6 Å².